The molecule has 6 heterocycles. The monoisotopic (exact) mass is 835 g/mol. The Hall–Kier alpha value is -3.73. The van der Waals surface area contributed by atoms with E-state index in [1.807, 2.05) is 83.9 Å². The maximum atomic E-state index is 14.6. The lowest BCUT2D eigenvalue weighted by molar-refractivity contribution is -0.302. The van der Waals surface area contributed by atoms with Gasteiger partial charge in [0.1, 0.15) is 24.5 Å². The van der Waals surface area contributed by atoms with Crippen LogP contribution in [-0.4, -0.2) is 144 Å². The number of fused-ring (bicyclic) bond motifs is 5. The van der Waals surface area contributed by atoms with Crippen molar-refractivity contribution in [3.63, 3.8) is 0 Å². The number of aliphatic imine (C=N–C) groups is 1. The van der Waals surface area contributed by atoms with Crippen LogP contribution in [-0.2, 0) is 44.7 Å². The number of carbonyl (C=O) groups excluding carboxylic acids is 2. The summed E-state index contributed by atoms with van der Waals surface area (Å²) in [4.78, 5) is 47.5. The number of hydrogen-bond acceptors (Lipinski definition) is 14. The SMILES string of the molecule is CC[C@H]1OC(=O)[C@H](C)[C@H]2OC/C(=N\OCc3cccc4ncccc34)CO[C@](C)(C[C@@H](C)C3=NCCN4C(=O)O[C@@]1(C)[C@H]4[C@H]3C)[C@H](O[C@H]1O[C@@H](C)C[C@@H](N(C)C)[C@@H]1O)[C@H]2C. The number of likely N-dealkylation sites (N-methyl/N-ethyl adjacent to an activating group) is 1. The maximum absolute atomic E-state index is 14.6. The van der Waals surface area contributed by atoms with Gasteiger partial charge in [-0.1, -0.05) is 51.0 Å². The predicted molar refractivity (Wildman–Crippen MR) is 224 cm³/mol. The molecular weight excluding hydrogens is 771 g/mol. The second kappa shape index (κ2) is 17.9. The zero-order chi connectivity index (χ0) is 43.1. The van der Waals surface area contributed by atoms with Gasteiger partial charge in [-0.25, -0.2) is 4.79 Å². The molecule has 1 aromatic heterocycles. The second-order valence-corrected chi connectivity index (χ2v) is 18.3. The highest BCUT2D eigenvalue weighted by Gasteiger charge is 2.60. The van der Waals surface area contributed by atoms with Crippen molar-refractivity contribution in [2.75, 3.05) is 40.4 Å². The molecule has 14 atom stereocenters. The molecule has 4 saturated heterocycles. The van der Waals surface area contributed by atoms with E-state index < -0.39 is 71.8 Å². The molecule has 1 amide bonds. The molecule has 15 nitrogen and oxygen atoms in total. The molecule has 7 rings (SSSR count). The van der Waals surface area contributed by atoms with Gasteiger partial charge < -0.3 is 43.3 Å². The summed E-state index contributed by atoms with van der Waals surface area (Å²) in [5.41, 5.74) is 0.961. The standard InChI is InChI=1S/C45H65N5O10/c1-11-35-45(8)39-27(4)36(47-18-19-50(39)43(53)60-45)25(2)21-44(7)40(59-42-37(51)34(49(9)10)20-26(3)57-42)28(5)38(29(6)41(52)58-35)54-23-31(24-55-44)48-56-22-30-14-12-16-33-32(30)15-13-17-46-33/h12-17,25-29,34-35,37-40,42,51H,11,18-24H2,1-10H3/b48-31+/t25-,26+,27+,28+,29-,34-,35-,37+,38+,39-,40-,42-,44-,45-/m1/s1. The molecule has 330 valence electrons. The molecule has 0 radical (unpaired) electrons. The molecule has 60 heavy (non-hydrogen) atoms. The number of aliphatic hydroxyl groups excluding tert-OH is 1. The van der Waals surface area contributed by atoms with E-state index in [0.29, 0.717) is 38.1 Å². The summed E-state index contributed by atoms with van der Waals surface area (Å²) >= 11 is 0. The van der Waals surface area contributed by atoms with Gasteiger partial charge in [0, 0.05) is 47.3 Å². The summed E-state index contributed by atoms with van der Waals surface area (Å²) in [5, 5.41) is 17.4. The van der Waals surface area contributed by atoms with Crippen LogP contribution in [0.2, 0.25) is 0 Å². The Labute approximate surface area is 354 Å². The normalized spacial score (nSPS) is 39.9. The molecule has 5 aliphatic heterocycles. The minimum Gasteiger partial charge on any atom is -0.458 e. The minimum absolute atomic E-state index is 0.00231. The molecule has 15 heteroatoms. The Kier molecular flexibility index (Phi) is 13.3. The number of aliphatic hydroxyl groups is 1. The molecule has 0 spiro atoms. The van der Waals surface area contributed by atoms with Crippen LogP contribution < -0.4 is 0 Å². The Morgan fingerprint density at radius 1 is 1.05 bits per heavy atom. The third-order valence-electron chi connectivity index (χ3n) is 13.7. The van der Waals surface area contributed by atoms with E-state index in [-0.39, 0.29) is 43.8 Å². The number of rotatable bonds is 7. The first-order chi connectivity index (χ1) is 28.6. The van der Waals surface area contributed by atoms with Crippen LogP contribution in [0.1, 0.15) is 80.2 Å². The first-order valence-electron chi connectivity index (χ1n) is 21.7. The number of esters is 1. The van der Waals surface area contributed by atoms with Crippen LogP contribution in [0.5, 0.6) is 0 Å². The van der Waals surface area contributed by atoms with Crippen LogP contribution in [0.4, 0.5) is 4.79 Å². The summed E-state index contributed by atoms with van der Waals surface area (Å²) in [6.45, 7) is 16.8. The third kappa shape index (κ3) is 8.54. The molecule has 1 aromatic carbocycles. The topological polar surface area (TPSA) is 163 Å². The van der Waals surface area contributed by atoms with E-state index in [1.54, 1.807) is 18.0 Å². The summed E-state index contributed by atoms with van der Waals surface area (Å²) in [7, 11) is 3.88. The van der Waals surface area contributed by atoms with Gasteiger partial charge in [0.25, 0.3) is 0 Å². The van der Waals surface area contributed by atoms with E-state index in [9.17, 15) is 14.7 Å². The Balaban J connectivity index is 1.31. The molecule has 4 bridgehead atoms. The van der Waals surface area contributed by atoms with Gasteiger partial charge in [-0.2, -0.15) is 0 Å². The lowest BCUT2D eigenvalue weighted by Crippen LogP contribution is -2.60. The Morgan fingerprint density at radius 2 is 1.83 bits per heavy atom. The molecular formula is C45H65N5O10. The van der Waals surface area contributed by atoms with Gasteiger partial charge in [0.15, 0.2) is 11.9 Å². The summed E-state index contributed by atoms with van der Waals surface area (Å²) in [6, 6.07) is 9.12. The summed E-state index contributed by atoms with van der Waals surface area (Å²) < 4.78 is 39.9. The fourth-order valence-electron chi connectivity index (χ4n) is 10.7. The van der Waals surface area contributed by atoms with Crippen molar-refractivity contribution >= 4 is 34.4 Å². The largest absolute Gasteiger partial charge is 0.458 e. The van der Waals surface area contributed by atoms with Gasteiger partial charge in [0.2, 0.25) is 0 Å². The van der Waals surface area contributed by atoms with Gasteiger partial charge >= 0.3 is 12.1 Å². The zero-order valence-corrected chi connectivity index (χ0v) is 36.9. The Morgan fingerprint density at radius 3 is 2.58 bits per heavy atom. The molecule has 0 aliphatic carbocycles. The van der Waals surface area contributed by atoms with E-state index in [4.69, 9.17) is 38.3 Å². The molecule has 2 aromatic rings. The van der Waals surface area contributed by atoms with Crippen LogP contribution in [0.3, 0.4) is 0 Å². The number of ether oxygens (including phenoxy) is 6. The highest BCUT2D eigenvalue weighted by molar-refractivity contribution is 5.91. The van der Waals surface area contributed by atoms with Crippen molar-refractivity contribution in [2.24, 2.45) is 33.8 Å². The number of amides is 1. The number of aromatic nitrogens is 1. The number of benzene rings is 1. The average molecular weight is 836 g/mol. The van der Waals surface area contributed by atoms with Gasteiger partial charge in [-0.05, 0) is 79.1 Å². The maximum Gasteiger partial charge on any atom is 0.410 e. The highest BCUT2D eigenvalue weighted by atomic mass is 16.7. The van der Waals surface area contributed by atoms with Crippen molar-refractivity contribution in [2.45, 2.75) is 141 Å². The van der Waals surface area contributed by atoms with Crippen LogP contribution in [0.25, 0.3) is 10.9 Å². The van der Waals surface area contributed by atoms with Crippen molar-refractivity contribution in [1.82, 2.24) is 14.8 Å². The summed E-state index contributed by atoms with van der Waals surface area (Å²) in [6.07, 6.45) is -1.68. The smallest absolute Gasteiger partial charge is 0.410 e. The quantitative estimate of drug-likeness (QED) is 0.280. The first-order valence-corrected chi connectivity index (χ1v) is 21.7. The van der Waals surface area contributed by atoms with Crippen LogP contribution >= 0.6 is 0 Å². The second-order valence-electron chi connectivity index (χ2n) is 18.3. The van der Waals surface area contributed by atoms with Crippen LogP contribution in [0.15, 0.2) is 46.7 Å². The van der Waals surface area contributed by atoms with Crippen molar-refractivity contribution < 1.29 is 48.0 Å². The average Bonchev–Trinajstić information content (AvgIpc) is 3.36. The lowest BCUT2D eigenvalue weighted by atomic mass is 9.72. The van der Waals surface area contributed by atoms with Crippen molar-refractivity contribution in [1.29, 1.82) is 0 Å². The molecule has 4 fully saturated rings. The number of cyclic esters (lactones) is 1. The van der Waals surface area contributed by atoms with Crippen molar-refractivity contribution in [3.05, 3.63) is 42.1 Å². The first kappa shape index (κ1) is 44.3. The number of nitrogens with zero attached hydrogens (tertiary/aromatic N) is 5. The van der Waals surface area contributed by atoms with E-state index in [0.717, 1.165) is 22.2 Å². The van der Waals surface area contributed by atoms with E-state index in [2.05, 4.69) is 24.0 Å². The van der Waals surface area contributed by atoms with Gasteiger partial charge in [-0.15, -0.1) is 0 Å². The third-order valence-corrected chi connectivity index (χ3v) is 13.7. The van der Waals surface area contributed by atoms with Crippen LogP contribution in [0, 0.1) is 23.7 Å². The lowest BCUT2D eigenvalue weighted by Gasteiger charge is -2.48. The van der Waals surface area contributed by atoms with E-state index in [1.165, 1.54) is 0 Å². The summed E-state index contributed by atoms with van der Waals surface area (Å²) in [5.74, 6) is -2.25. The number of pyridine rings is 1. The molecule has 0 unspecified atom stereocenters. The van der Waals surface area contributed by atoms with E-state index >= 15 is 0 Å². The molecule has 1 N–H and O–H groups in total. The number of oxime groups is 1. The Bertz CT molecular complexity index is 1920. The van der Waals surface area contributed by atoms with Gasteiger partial charge in [0.05, 0.1) is 61.1 Å². The zero-order valence-electron chi connectivity index (χ0n) is 36.9. The number of hydrogen-bond donors (Lipinski definition) is 1. The minimum atomic E-state index is -1.14. The fraction of sp³-hybridized carbons (Fsp3) is 0.711. The molecule has 5 aliphatic rings. The molecule has 0 saturated carbocycles. The highest BCUT2D eigenvalue weighted by Crippen LogP contribution is 2.45. The fourth-order valence-corrected chi connectivity index (χ4v) is 10.7. The van der Waals surface area contributed by atoms with Crippen molar-refractivity contribution in [3.8, 4) is 0 Å². The predicted octanol–water partition coefficient (Wildman–Crippen LogP) is 5.40. The van der Waals surface area contributed by atoms with Gasteiger partial charge in [-0.3, -0.25) is 19.7 Å². The number of carbonyl (C=O) groups is 2.